The van der Waals surface area contributed by atoms with Gasteiger partial charge < -0.3 is 47.7 Å². The average Bonchev–Trinajstić information content (AvgIpc) is 3.27. The van der Waals surface area contributed by atoms with E-state index in [-0.39, 0.29) is 6.42 Å². The molecule has 0 bridgehead atoms. The van der Waals surface area contributed by atoms with Crippen molar-refractivity contribution in [3.63, 3.8) is 0 Å². The number of para-hydroxylation sites is 1. The molecule has 1 aromatic heterocycles. The van der Waals surface area contributed by atoms with Crippen LogP contribution >= 0.6 is 0 Å². The quantitative estimate of drug-likeness (QED) is 0.106. The molecule has 216 valence electrons. The predicted molar refractivity (Wildman–Crippen MR) is 136 cm³/mol. The highest BCUT2D eigenvalue weighted by Crippen LogP contribution is 2.18. The highest BCUT2D eigenvalue weighted by molar-refractivity contribution is 5.97. The summed E-state index contributed by atoms with van der Waals surface area (Å²) < 4.78 is 0. The van der Waals surface area contributed by atoms with Gasteiger partial charge in [0.25, 0.3) is 0 Å². The number of amides is 4. The fourth-order valence-electron chi connectivity index (χ4n) is 3.78. The number of carboxylic acid groups (broad SMARTS) is 3. The Bertz CT molecular complexity index is 1290. The second kappa shape index (κ2) is 14.2. The number of nitrogens with one attached hydrogen (secondary N) is 4. The Labute approximate surface area is 226 Å². The second-order valence-corrected chi connectivity index (χ2v) is 8.89. The van der Waals surface area contributed by atoms with E-state index in [1.54, 1.807) is 12.3 Å². The van der Waals surface area contributed by atoms with Crippen molar-refractivity contribution in [2.24, 2.45) is 11.5 Å². The van der Waals surface area contributed by atoms with Crippen molar-refractivity contribution in [1.29, 1.82) is 0 Å². The number of aromatic nitrogens is 1. The lowest BCUT2D eigenvalue weighted by Gasteiger charge is -2.24. The minimum atomic E-state index is -1.89. The second-order valence-electron chi connectivity index (χ2n) is 8.89. The third-order valence-electron chi connectivity index (χ3n) is 5.76. The van der Waals surface area contributed by atoms with E-state index >= 15 is 0 Å². The molecule has 0 saturated carbocycles. The van der Waals surface area contributed by atoms with Gasteiger partial charge in [-0.3, -0.25) is 28.8 Å². The maximum Gasteiger partial charge on any atom is 0.326 e. The maximum absolute atomic E-state index is 13.0. The van der Waals surface area contributed by atoms with Crippen molar-refractivity contribution in [1.82, 2.24) is 20.9 Å². The van der Waals surface area contributed by atoms with Crippen LogP contribution < -0.4 is 27.4 Å². The summed E-state index contributed by atoms with van der Waals surface area (Å²) in [6.07, 6.45) is -1.05. The van der Waals surface area contributed by atoms with Crippen LogP contribution in [0.1, 0.15) is 31.2 Å². The molecule has 16 nitrogen and oxygen atoms in total. The van der Waals surface area contributed by atoms with Crippen LogP contribution in [0.25, 0.3) is 10.9 Å². The molecule has 0 spiro atoms. The topological polar surface area (TPSA) is 284 Å². The number of benzene rings is 1. The number of aromatic amines is 1. The molecule has 11 N–H and O–H groups in total. The van der Waals surface area contributed by atoms with Crippen molar-refractivity contribution in [2.45, 2.75) is 56.3 Å². The molecule has 4 amide bonds. The van der Waals surface area contributed by atoms with E-state index in [1.807, 2.05) is 23.5 Å². The number of carboxylic acids is 3. The van der Waals surface area contributed by atoms with Crippen LogP contribution in [0.4, 0.5) is 0 Å². The van der Waals surface area contributed by atoms with Crippen molar-refractivity contribution in [2.75, 3.05) is 0 Å². The molecular formula is C24H30N6O10. The summed E-state index contributed by atoms with van der Waals surface area (Å²) in [4.78, 5) is 86.3. The normalized spacial score (nSPS) is 13.8. The predicted octanol–water partition coefficient (Wildman–Crippen LogP) is -2.21. The van der Waals surface area contributed by atoms with Gasteiger partial charge in [-0.1, -0.05) is 18.2 Å². The van der Waals surface area contributed by atoms with E-state index < -0.39 is 91.4 Å². The van der Waals surface area contributed by atoms with Gasteiger partial charge in [-0.2, -0.15) is 0 Å². The number of H-pyrrole nitrogens is 1. The zero-order valence-corrected chi connectivity index (χ0v) is 21.1. The molecule has 0 radical (unpaired) electrons. The standard InChI is InChI=1S/C24H30N6O10/c25-13(7-11-10-27-14-4-2-1-3-12(11)14)21(36)28-15(5-6-19(32)33)22(37)29-16(8-18(26)31)23(38)30-17(24(39)40)9-20(34)35/h1-4,10,13,15-17,27H,5-9,25H2,(H2,26,31)(H,28,36)(H,29,37)(H,30,38)(H,32,33)(H,34,35)(H,39,40). The molecule has 16 heteroatoms. The highest BCUT2D eigenvalue weighted by Gasteiger charge is 2.32. The molecule has 40 heavy (non-hydrogen) atoms. The van der Waals surface area contributed by atoms with E-state index in [4.69, 9.17) is 26.8 Å². The Hall–Kier alpha value is -4.99. The van der Waals surface area contributed by atoms with Crippen LogP contribution in [0.15, 0.2) is 30.5 Å². The zero-order chi connectivity index (χ0) is 30.0. The third kappa shape index (κ3) is 9.39. The molecule has 0 aliphatic carbocycles. The summed E-state index contributed by atoms with van der Waals surface area (Å²) in [7, 11) is 0. The van der Waals surface area contributed by atoms with Crippen LogP contribution in [0.5, 0.6) is 0 Å². The minimum Gasteiger partial charge on any atom is -0.481 e. The lowest BCUT2D eigenvalue weighted by Crippen LogP contribution is -2.58. The number of nitrogens with two attached hydrogens (primary N) is 2. The Balaban J connectivity index is 2.17. The van der Waals surface area contributed by atoms with E-state index in [9.17, 15) is 33.6 Å². The van der Waals surface area contributed by atoms with Crippen LogP contribution in [0, 0.1) is 0 Å². The van der Waals surface area contributed by atoms with Crippen molar-refractivity contribution in [3.05, 3.63) is 36.0 Å². The van der Waals surface area contributed by atoms with E-state index in [2.05, 4.69) is 15.6 Å². The SMILES string of the molecule is NC(=O)CC(NC(=O)C(CCC(=O)O)NC(=O)C(N)Cc1c[nH]c2ccccc12)C(=O)NC(CC(=O)O)C(=O)O. The van der Waals surface area contributed by atoms with Gasteiger partial charge in [0, 0.05) is 23.5 Å². The summed E-state index contributed by atoms with van der Waals surface area (Å²) >= 11 is 0. The number of carbonyl (C=O) groups is 7. The lowest BCUT2D eigenvalue weighted by molar-refractivity contribution is -0.147. The molecule has 4 unspecified atom stereocenters. The minimum absolute atomic E-state index is 0.0655. The number of hydrogen-bond acceptors (Lipinski definition) is 8. The Morgan fingerprint density at radius 2 is 1.40 bits per heavy atom. The lowest BCUT2D eigenvalue weighted by atomic mass is 10.0. The Kier molecular flexibility index (Phi) is 11.1. The fourth-order valence-corrected chi connectivity index (χ4v) is 3.78. The summed E-state index contributed by atoms with van der Waals surface area (Å²) in [5.41, 5.74) is 12.7. The number of rotatable bonds is 16. The number of primary amides is 1. The van der Waals surface area contributed by atoms with Crippen molar-refractivity contribution >= 4 is 52.4 Å². The van der Waals surface area contributed by atoms with Crippen molar-refractivity contribution in [3.8, 4) is 0 Å². The Morgan fingerprint density at radius 1 is 0.800 bits per heavy atom. The van der Waals surface area contributed by atoms with Gasteiger partial charge in [-0.05, 0) is 24.5 Å². The Morgan fingerprint density at radius 3 is 2.00 bits per heavy atom. The van der Waals surface area contributed by atoms with E-state index in [0.29, 0.717) is 0 Å². The molecule has 0 saturated heterocycles. The zero-order valence-electron chi connectivity index (χ0n) is 21.1. The molecular weight excluding hydrogens is 532 g/mol. The molecule has 0 aliphatic heterocycles. The van der Waals surface area contributed by atoms with E-state index in [1.165, 1.54) is 0 Å². The fraction of sp³-hybridized carbons (Fsp3) is 0.375. The first-order valence-corrected chi connectivity index (χ1v) is 11.9. The summed E-state index contributed by atoms with van der Waals surface area (Å²) in [6.45, 7) is 0. The molecule has 0 fully saturated rings. The van der Waals surface area contributed by atoms with Crippen LogP contribution in [-0.4, -0.2) is 86.0 Å². The van der Waals surface area contributed by atoms with Gasteiger partial charge >= 0.3 is 17.9 Å². The number of hydrogen-bond donors (Lipinski definition) is 9. The van der Waals surface area contributed by atoms with Gasteiger partial charge in [0.15, 0.2) is 0 Å². The van der Waals surface area contributed by atoms with Gasteiger partial charge in [-0.15, -0.1) is 0 Å². The van der Waals surface area contributed by atoms with Crippen LogP contribution in [0.2, 0.25) is 0 Å². The molecule has 4 atom stereocenters. The molecule has 2 rings (SSSR count). The average molecular weight is 563 g/mol. The van der Waals surface area contributed by atoms with Gasteiger partial charge in [0.2, 0.25) is 23.6 Å². The van der Waals surface area contributed by atoms with Crippen LogP contribution in [0.3, 0.4) is 0 Å². The smallest absolute Gasteiger partial charge is 0.326 e. The molecule has 2 aromatic rings. The number of carbonyl (C=O) groups excluding carboxylic acids is 4. The number of aliphatic carboxylic acids is 3. The molecule has 1 aromatic carbocycles. The van der Waals surface area contributed by atoms with Gasteiger partial charge in [-0.25, -0.2) is 4.79 Å². The van der Waals surface area contributed by atoms with Gasteiger partial charge in [0.05, 0.1) is 18.9 Å². The highest BCUT2D eigenvalue weighted by atomic mass is 16.4. The summed E-state index contributed by atoms with van der Waals surface area (Å²) in [5, 5.41) is 34.3. The first-order valence-electron chi connectivity index (χ1n) is 11.9. The summed E-state index contributed by atoms with van der Waals surface area (Å²) in [5.74, 6) is -8.71. The van der Waals surface area contributed by atoms with Gasteiger partial charge in [0.1, 0.15) is 18.1 Å². The molecule has 1 heterocycles. The largest absolute Gasteiger partial charge is 0.481 e. The number of fused-ring (bicyclic) bond motifs is 1. The third-order valence-corrected chi connectivity index (χ3v) is 5.76. The summed E-state index contributed by atoms with van der Waals surface area (Å²) in [6, 6.07) is 0.954. The maximum atomic E-state index is 13.0. The van der Waals surface area contributed by atoms with E-state index in [0.717, 1.165) is 16.5 Å². The molecule has 0 aliphatic rings. The van der Waals surface area contributed by atoms with Crippen LogP contribution in [-0.2, 0) is 40.0 Å². The monoisotopic (exact) mass is 562 g/mol. The first-order chi connectivity index (χ1) is 18.8. The first kappa shape index (κ1) is 31.2. The van der Waals surface area contributed by atoms with Crippen molar-refractivity contribution < 1.29 is 48.9 Å².